The van der Waals surface area contributed by atoms with Crippen LogP contribution in [0.3, 0.4) is 0 Å². The van der Waals surface area contributed by atoms with Crippen LogP contribution in [-0.4, -0.2) is 29.9 Å². The Morgan fingerprint density at radius 2 is 2.25 bits per heavy atom. The van der Waals surface area contributed by atoms with E-state index >= 15 is 0 Å². The van der Waals surface area contributed by atoms with Crippen molar-refractivity contribution in [1.82, 2.24) is 5.32 Å². The van der Waals surface area contributed by atoms with Gasteiger partial charge in [-0.05, 0) is 18.9 Å². The molecule has 1 unspecified atom stereocenters. The summed E-state index contributed by atoms with van der Waals surface area (Å²) in [7, 11) is 1.36. The van der Waals surface area contributed by atoms with E-state index in [0.29, 0.717) is 13.0 Å². The molecule has 7 heteroatoms. The molecule has 110 valence electrons. The number of amides is 1. The second-order valence-electron chi connectivity index (χ2n) is 4.19. The smallest absolute Gasteiger partial charge is 0.273 e. The van der Waals surface area contributed by atoms with E-state index in [-0.39, 0.29) is 28.3 Å². The molecule has 0 heterocycles. The number of ether oxygens (including phenoxy) is 1. The van der Waals surface area contributed by atoms with Crippen LogP contribution in [0.4, 0.5) is 5.69 Å². The Morgan fingerprint density at radius 1 is 1.55 bits per heavy atom. The van der Waals surface area contributed by atoms with Crippen molar-refractivity contribution in [3.63, 3.8) is 0 Å². The van der Waals surface area contributed by atoms with E-state index in [1.165, 1.54) is 25.3 Å². The molecule has 0 aliphatic heterocycles. The molecule has 20 heavy (non-hydrogen) atoms. The van der Waals surface area contributed by atoms with Crippen LogP contribution < -0.4 is 10.1 Å². The van der Waals surface area contributed by atoms with Crippen LogP contribution in [0.15, 0.2) is 18.2 Å². The van der Waals surface area contributed by atoms with Gasteiger partial charge in [0.2, 0.25) is 0 Å². The highest BCUT2D eigenvalue weighted by molar-refractivity contribution is 6.20. The van der Waals surface area contributed by atoms with Crippen molar-refractivity contribution in [2.45, 2.75) is 25.1 Å². The fourth-order valence-electron chi connectivity index (χ4n) is 1.62. The van der Waals surface area contributed by atoms with Crippen molar-refractivity contribution in [2.75, 3.05) is 13.7 Å². The zero-order valence-electron chi connectivity index (χ0n) is 11.4. The van der Waals surface area contributed by atoms with E-state index < -0.39 is 4.92 Å². The lowest BCUT2D eigenvalue weighted by Crippen LogP contribution is -2.26. The molecule has 0 fully saturated rings. The summed E-state index contributed by atoms with van der Waals surface area (Å²) in [5.74, 6) is -0.161. The number of halogens is 1. The predicted molar refractivity (Wildman–Crippen MR) is 76.5 cm³/mol. The fourth-order valence-corrected chi connectivity index (χ4v) is 1.73. The molecule has 0 saturated carbocycles. The minimum atomic E-state index is -0.538. The molecule has 0 saturated heterocycles. The third-order valence-corrected chi connectivity index (χ3v) is 3.35. The maximum Gasteiger partial charge on any atom is 0.273 e. The highest BCUT2D eigenvalue weighted by atomic mass is 35.5. The number of rotatable bonds is 7. The Bertz CT molecular complexity index is 493. The molecule has 1 rings (SSSR count). The van der Waals surface area contributed by atoms with Crippen LogP contribution in [0, 0.1) is 10.1 Å². The van der Waals surface area contributed by atoms with Gasteiger partial charge in [-0.3, -0.25) is 14.9 Å². The minimum Gasteiger partial charge on any atom is -0.496 e. The molecule has 0 aromatic heterocycles. The van der Waals surface area contributed by atoms with Crippen LogP contribution in [0.25, 0.3) is 0 Å². The Hall–Kier alpha value is -1.82. The molecule has 6 nitrogen and oxygen atoms in total. The van der Waals surface area contributed by atoms with Crippen molar-refractivity contribution >= 4 is 23.2 Å². The first kappa shape index (κ1) is 16.2. The largest absolute Gasteiger partial charge is 0.496 e. The summed E-state index contributed by atoms with van der Waals surface area (Å²) in [5.41, 5.74) is 0.144. The van der Waals surface area contributed by atoms with E-state index in [4.69, 9.17) is 16.3 Å². The Morgan fingerprint density at radius 3 is 2.80 bits per heavy atom. The maximum atomic E-state index is 12.0. The van der Waals surface area contributed by atoms with Crippen molar-refractivity contribution in [2.24, 2.45) is 0 Å². The van der Waals surface area contributed by atoms with E-state index in [1.54, 1.807) is 0 Å². The number of carbonyl (C=O) groups excluding carboxylic acids is 1. The topological polar surface area (TPSA) is 81.5 Å². The average Bonchev–Trinajstić information content (AvgIpc) is 2.45. The number of methoxy groups -OCH3 is 1. The predicted octanol–water partition coefficient (Wildman–Crippen LogP) is 2.74. The van der Waals surface area contributed by atoms with Gasteiger partial charge < -0.3 is 10.1 Å². The standard InChI is InChI=1S/C13H17ClN2O4/c1-3-9(14)6-7-15-13(17)11-5-4-10(16(18)19)8-12(11)20-2/h4-5,8-9H,3,6-7H2,1-2H3,(H,15,17). The number of non-ortho nitro benzene ring substituents is 1. The molecule has 0 bridgehead atoms. The van der Waals surface area contributed by atoms with Crippen molar-refractivity contribution < 1.29 is 14.5 Å². The lowest BCUT2D eigenvalue weighted by Gasteiger charge is -2.10. The van der Waals surface area contributed by atoms with Gasteiger partial charge in [0.15, 0.2) is 0 Å². The summed E-state index contributed by atoms with van der Waals surface area (Å²) in [6.45, 7) is 2.42. The Kier molecular flexibility index (Phi) is 6.24. The van der Waals surface area contributed by atoms with Crippen LogP contribution in [0.2, 0.25) is 0 Å². The summed E-state index contributed by atoms with van der Waals surface area (Å²) in [5, 5.41) is 13.4. The van der Waals surface area contributed by atoms with Gasteiger partial charge in [0.25, 0.3) is 11.6 Å². The van der Waals surface area contributed by atoms with Gasteiger partial charge in [-0.1, -0.05) is 6.92 Å². The molecule has 0 radical (unpaired) electrons. The third kappa shape index (κ3) is 4.38. The zero-order valence-corrected chi connectivity index (χ0v) is 12.1. The molecule has 0 aliphatic rings. The highest BCUT2D eigenvalue weighted by Crippen LogP contribution is 2.24. The van der Waals surface area contributed by atoms with Gasteiger partial charge in [-0.15, -0.1) is 11.6 Å². The summed E-state index contributed by atoms with van der Waals surface area (Å²) < 4.78 is 5.01. The Labute approximate surface area is 122 Å². The first-order chi connectivity index (χ1) is 9.49. The number of nitro benzene ring substituents is 1. The van der Waals surface area contributed by atoms with Crippen molar-refractivity contribution in [3.05, 3.63) is 33.9 Å². The average molecular weight is 301 g/mol. The van der Waals surface area contributed by atoms with Crippen LogP contribution in [0.5, 0.6) is 5.75 Å². The van der Waals surface area contributed by atoms with E-state index in [0.717, 1.165) is 6.42 Å². The number of hydrogen-bond acceptors (Lipinski definition) is 4. The molecule has 1 atom stereocenters. The molecule has 0 aliphatic carbocycles. The normalized spacial score (nSPS) is 11.8. The first-order valence-electron chi connectivity index (χ1n) is 6.24. The van der Waals surface area contributed by atoms with E-state index in [9.17, 15) is 14.9 Å². The lowest BCUT2D eigenvalue weighted by atomic mass is 10.1. The molecular weight excluding hydrogens is 284 g/mol. The molecule has 1 amide bonds. The number of nitro groups is 1. The van der Waals surface area contributed by atoms with Crippen molar-refractivity contribution in [1.29, 1.82) is 0 Å². The van der Waals surface area contributed by atoms with E-state index in [1.807, 2.05) is 6.92 Å². The van der Waals surface area contributed by atoms with Crippen molar-refractivity contribution in [3.8, 4) is 5.75 Å². The maximum absolute atomic E-state index is 12.0. The molecule has 1 aromatic carbocycles. The monoisotopic (exact) mass is 300 g/mol. The number of nitrogens with one attached hydrogen (secondary N) is 1. The summed E-state index contributed by atoms with van der Waals surface area (Å²) in [4.78, 5) is 22.1. The summed E-state index contributed by atoms with van der Waals surface area (Å²) in [6, 6.07) is 3.88. The molecule has 0 spiro atoms. The van der Waals surface area contributed by atoms with Gasteiger partial charge >= 0.3 is 0 Å². The summed E-state index contributed by atoms with van der Waals surface area (Å²) >= 11 is 5.96. The molecule has 1 aromatic rings. The van der Waals surface area contributed by atoms with Gasteiger partial charge in [0.1, 0.15) is 5.75 Å². The Balaban J connectivity index is 2.75. The lowest BCUT2D eigenvalue weighted by molar-refractivity contribution is -0.384. The minimum absolute atomic E-state index is 0.0223. The third-order valence-electron chi connectivity index (χ3n) is 2.83. The number of carbonyl (C=O) groups is 1. The second-order valence-corrected chi connectivity index (χ2v) is 4.81. The number of alkyl halides is 1. The number of hydrogen-bond donors (Lipinski definition) is 1. The van der Waals surface area contributed by atoms with Gasteiger partial charge in [-0.2, -0.15) is 0 Å². The SMILES string of the molecule is CCC(Cl)CCNC(=O)c1ccc([N+](=O)[O-])cc1OC. The van der Waals surface area contributed by atoms with Crippen LogP contribution in [-0.2, 0) is 0 Å². The number of benzene rings is 1. The van der Waals surface area contributed by atoms with Crippen LogP contribution in [0.1, 0.15) is 30.1 Å². The molecular formula is C13H17ClN2O4. The van der Waals surface area contributed by atoms with E-state index in [2.05, 4.69) is 5.32 Å². The van der Waals surface area contributed by atoms with Gasteiger partial charge in [0, 0.05) is 18.0 Å². The quantitative estimate of drug-likeness (QED) is 0.477. The van der Waals surface area contributed by atoms with Crippen LogP contribution >= 0.6 is 11.6 Å². The molecule has 1 N–H and O–H groups in total. The fraction of sp³-hybridized carbons (Fsp3) is 0.462. The zero-order chi connectivity index (χ0) is 15.1. The number of nitrogens with zero attached hydrogens (tertiary/aromatic N) is 1. The van der Waals surface area contributed by atoms with Gasteiger partial charge in [-0.25, -0.2) is 0 Å². The van der Waals surface area contributed by atoms with Gasteiger partial charge in [0.05, 0.1) is 23.7 Å². The summed E-state index contributed by atoms with van der Waals surface area (Å²) in [6.07, 6.45) is 1.50. The first-order valence-corrected chi connectivity index (χ1v) is 6.68. The second kappa shape index (κ2) is 7.69. The highest BCUT2D eigenvalue weighted by Gasteiger charge is 2.16.